The summed E-state index contributed by atoms with van der Waals surface area (Å²) < 4.78 is 35.3. The molecular weight excluding hydrogens is 203 g/mol. The minimum absolute atomic E-state index is 0.374. The van der Waals surface area contributed by atoms with Crippen molar-refractivity contribution in [3.63, 3.8) is 0 Å². The molecule has 0 aliphatic carbocycles. The van der Waals surface area contributed by atoms with Crippen molar-refractivity contribution < 1.29 is 27.9 Å². The summed E-state index contributed by atoms with van der Waals surface area (Å²) in [5.41, 5.74) is 0. The first-order valence-corrected chi connectivity index (χ1v) is 3.47. The zero-order chi connectivity index (χ0) is 11.4. The molecule has 0 aliphatic heterocycles. The lowest BCUT2D eigenvalue weighted by Gasteiger charge is -2.16. The molecule has 0 bridgehead atoms. The van der Waals surface area contributed by atoms with Crippen LogP contribution in [0.15, 0.2) is 12.2 Å². The zero-order valence-electron chi connectivity index (χ0n) is 7.21. The molecule has 4 nitrogen and oxygen atoms in total. The largest absolute Gasteiger partial charge is 0.478 e. The average Bonchev–Trinajstić information content (AvgIpc) is 2.00. The number of likely N-dealkylation sites (N-methyl/N-ethyl adjacent to an activating group) is 1. The van der Waals surface area contributed by atoms with Crippen molar-refractivity contribution in [2.24, 2.45) is 0 Å². The molecule has 0 heterocycles. The van der Waals surface area contributed by atoms with Gasteiger partial charge in [0.15, 0.2) is 0 Å². The van der Waals surface area contributed by atoms with Crippen LogP contribution in [-0.4, -0.2) is 41.7 Å². The number of hydrogen-bond donors (Lipinski definition) is 1. The molecule has 14 heavy (non-hydrogen) atoms. The number of aliphatic carboxylic acids is 1. The normalized spacial score (nSPS) is 11.7. The Morgan fingerprint density at radius 1 is 1.43 bits per heavy atom. The Bertz CT molecular complexity index is 259. The Labute approximate surface area is 77.6 Å². The highest BCUT2D eigenvalue weighted by Gasteiger charge is 2.40. The second-order valence-electron chi connectivity index (χ2n) is 2.42. The fourth-order valence-electron chi connectivity index (χ4n) is 0.611. The van der Waals surface area contributed by atoms with Crippen LogP contribution in [0.4, 0.5) is 13.2 Å². The monoisotopic (exact) mass is 211 g/mol. The minimum Gasteiger partial charge on any atom is -0.478 e. The third-order valence-corrected chi connectivity index (χ3v) is 1.23. The van der Waals surface area contributed by atoms with E-state index in [4.69, 9.17) is 5.11 Å². The third kappa shape index (κ3) is 4.48. The van der Waals surface area contributed by atoms with Crippen molar-refractivity contribution in [2.45, 2.75) is 6.18 Å². The lowest BCUT2D eigenvalue weighted by Crippen LogP contribution is -2.38. The summed E-state index contributed by atoms with van der Waals surface area (Å²) in [5.74, 6) is -3.29. The second-order valence-corrected chi connectivity index (χ2v) is 2.42. The highest BCUT2D eigenvalue weighted by Crippen LogP contribution is 2.17. The van der Waals surface area contributed by atoms with E-state index in [-0.39, 0.29) is 0 Å². The van der Waals surface area contributed by atoms with E-state index in [9.17, 15) is 22.8 Å². The maximum absolute atomic E-state index is 11.8. The number of nitrogens with zero attached hydrogens (tertiary/aromatic N) is 1. The van der Waals surface area contributed by atoms with Gasteiger partial charge in [-0.05, 0) is 0 Å². The third-order valence-electron chi connectivity index (χ3n) is 1.23. The molecule has 7 heteroatoms. The Hall–Kier alpha value is -1.53. The zero-order valence-corrected chi connectivity index (χ0v) is 7.21. The molecule has 0 aromatic heterocycles. The Morgan fingerprint density at radius 3 is 2.29 bits per heavy atom. The average molecular weight is 211 g/mol. The van der Waals surface area contributed by atoms with Crippen molar-refractivity contribution >= 4 is 11.9 Å². The van der Waals surface area contributed by atoms with Crippen molar-refractivity contribution in [1.29, 1.82) is 0 Å². The van der Waals surface area contributed by atoms with Gasteiger partial charge < -0.3 is 10.0 Å². The number of rotatable bonds is 3. The predicted octanol–water partition coefficient (Wildman–Crippen LogP) is 0.648. The van der Waals surface area contributed by atoms with Crippen LogP contribution < -0.4 is 0 Å². The molecule has 1 amide bonds. The SMILES string of the molecule is CN(C/C=C/C(=O)O)C(=O)C(F)(F)F. The number of alkyl halides is 3. The number of carbonyl (C=O) groups excluding carboxylic acids is 1. The predicted molar refractivity (Wildman–Crippen MR) is 40.5 cm³/mol. The summed E-state index contributed by atoms with van der Waals surface area (Å²) in [7, 11) is 0.933. The summed E-state index contributed by atoms with van der Waals surface area (Å²) >= 11 is 0. The number of carbonyl (C=O) groups is 2. The molecule has 0 unspecified atom stereocenters. The molecular formula is C7H8F3NO3. The molecule has 0 aromatic rings. The van der Waals surface area contributed by atoms with Gasteiger partial charge in [0.1, 0.15) is 0 Å². The van der Waals surface area contributed by atoms with Crippen molar-refractivity contribution in [3.8, 4) is 0 Å². The van der Waals surface area contributed by atoms with Crippen LogP contribution in [0.3, 0.4) is 0 Å². The molecule has 80 valence electrons. The van der Waals surface area contributed by atoms with Gasteiger partial charge in [-0.3, -0.25) is 4.79 Å². The summed E-state index contributed by atoms with van der Waals surface area (Å²) in [6.07, 6.45) is -3.31. The minimum atomic E-state index is -4.92. The first-order valence-electron chi connectivity index (χ1n) is 3.47. The van der Waals surface area contributed by atoms with Gasteiger partial charge in [-0.2, -0.15) is 13.2 Å². The van der Waals surface area contributed by atoms with Gasteiger partial charge in [0.2, 0.25) is 0 Å². The molecule has 0 radical (unpaired) electrons. The molecule has 0 atom stereocenters. The molecule has 0 fully saturated rings. The second kappa shape index (κ2) is 4.64. The van der Waals surface area contributed by atoms with Crippen molar-refractivity contribution in [2.75, 3.05) is 13.6 Å². The lowest BCUT2D eigenvalue weighted by molar-refractivity contribution is -0.183. The van der Waals surface area contributed by atoms with Crippen molar-refractivity contribution in [1.82, 2.24) is 4.90 Å². The quantitative estimate of drug-likeness (QED) is 0.697. The Morgan fingerprint density at radius 2 is 1.93 bits per heavy atom. The van der Waals surface area contributed by atoms with Gasteiger partial charge in [-0.25, -0.2) is 4.79 Å². The van der Waals surface area contributed by atoms with E-state index in [1.807, 2.05) is 0 Å². The van der Waals surface area contributed by atoms with Gasteiger partial charge in [-0.15, -0.1) is 0 Å². The molecule has 0 spiro atoms. The molecule has 0 saturated heterocycles. The van der Waals surface area contributed by atoms with Crippen LogP contribution in [0.2, 0.25) is 0 Å². The van der Waals surface area contributed by atoms with E-state index in [0.717, 1.165) is 13.1 Å². The van der Waals surface area contributed by atoms with E-state index in [2.05, 4.69) is 0 Å². The molecule has 0 aromatic carbocycles. The summed E-state index contributed by atoms with van der Waals surface area (Å²) in [5, 5.41) is 8.11. The standard InChI is InChI=1S/C7H8F3NO3/c1-11(4-2-3-5(12)13)6(14)7(8,9)10/h2-3H,4H2,1H3,(H,12,13)/b3-2+. The number of hydrogen-bond acceptors (Lipinski definition) is 2. The fraction of sp³-hybridized carbons (Fsp3) is 0.429. The van der Waals surface area contributed by atoms with Gasteiger partial charge in [0.05, 0.1) is 0 Å². The fourth-order valence-corrected chi connectivity index (χ4v) is 0.611. The number of halogens is 3. The Kier molecular flexibility index (Phi) is 4.13. The molecule has 0 aliphatic rings. The van der Waals surface area contributed by atoms with Gasteiger partial charge >= 0.3 is 18.1 Å². The summed E-state index contributed by atoms with van der Waals surface area (Å²) in [6.45, 7) is -0.398. The smallest absolute Gasteiger partial charge is 0.471 e. The van der Waals surface area contributed by atoms with E-state index < -0.39 is 24.6 Å². The highest BCUT2D eigenvalue weighted by atomic mass is 19.4. The van der Waals surface area contributed by atoms with Crippen molar-refractivity contribution in [3.05, 3.63) is 12.2 Å². The van der Waals surface area contributed by atoms with Gasteiger partial charge in [0.25, 0.3) is 0 Å². The number of amides is 1. The van der Waals surface area contributed by atoms with Gasteiger partial charge in [-0.1, -0.05) is 6.08 Å². The maximum Gasteiger partial charge on any atom is 0.471 e. The topological polar surface area (TPSA) is 57.6 Å². The molecule has 0 rings (SSSR count). The maximum atomic E-state index is 11.8. The first-order chi connectivity index (χ1) is 6.25. The van der Waals surface area contributed by atoms with Gasteiger partial charge in [0, 0.05) is 19.7 Å². The molecule has 1 N–H and O–H groups in total. The van der Waals surface area contributed by atoms with Crippen LogP contribution in [0.25, 0.3) is 0 Å². The lowest BCUT2D eigenvalue weighted by atomic mass is 10.4. The van der Waals surface area contributed by atoms with Crippen LogP contribution >= 0.6 is 0 Å². The van der Waals surface area contributed by atoms with E-state index in [1.54, 1.807) is 0 Å². The number of carboxylic acid groups (broad SMARTS) is 1. The van der Waals surface area contributed by atoms with Crippen LogP contribution in [0.1, 0.15) is 0 Å². The van der Waals surface area contributed by atoms with E-state index >= 15 is 0 Å². The Balaban J connectivity index is 4.16. The summed E-state index contributed by atoms with van der Waals surface area (Å²) in [6, 6.07) is 0. The van der Waals surface area contributed by atoms with E-state index in [1.165, 1.54) is 0 Å². The highest BCUT2D eigenvalue weighted by molar-refractivity contribution is 5.82. The molecule has 0 saturated carbocycles. The summed E-state index contributed by atoms with van der Waals surface area (Å²) in [4.78, 5) is 20.8. The first kappa shape index (κ1) is 12.5. The van der Waals surface area contributed by atoms with Crippen LogP contribution in [0, 0.1) is 0 Å². The van der Waals surface area contributed by atoms with Crippen LogP contribution in [-0.2, 0) is 9.59 Å². The number of carboxylic acids is 1. The van der Waals surface area contributed by atoms with E-state index in [0.29, 0.717) is 11.0 Å². The van der Waals surface area contributed by atoms with Crippen LogP contribution in [0.5, 0.6) is 0 Å².